The standard InChI is InChI=1S/C23H25N3O2/c1-26(21-10-8-18(9-11-21)23(27)25-28)15-20-13-22(20)24-14-16-6-7-17-4-2-3-5-19(17)12-16/h2-12,20,22,24,28H,13-15H2,1H3,(H,25,27). The molecule has 1 fully saturated rings. The number of benzene rings is 3. The van der Waals surface area contributed by atoms with Gasteiger partial charge in [-0.1, -0.05) is 36.4 Å². The van der Waals surface area contributed by atoms with E-state index in [9.17, 15) is 4.79 Å². The van der Waals surface area contributed by atoms with E-state index in [0.29, 0.717) is 17.5 Å². The van der Waals surface area contributed by atoms with Gasteiger partial charge in [-0.2, -0.15) is 0 Å². The zero-order valence-electron chi connectivity index (χ0n) is 15.9. The third-order valence-electron chi connectivity index (χ3n) is 5.49. The molecule has 0 heterocycles. The Morgan fingerprint density at radius 2 is 1.82 bits per heavy atom. The van der Waals surface area contributed by atoms with Gasteiger partial charge in [0.15, 0.2) is 0 Å². The Balaban J connectivity index is 1.27. The summed E-state index contributed by atoms with van der Waals surface area (Å²) >= 11 is 0. The molecular weight excluding hydrogens is 350 g/mol. The fraction of sp³-hybridized carbons (Fsp3) is 0.261. The van der Waals surface area contributed by atoms with Crippen LogP contribution in [0.5, 0.6) is 0 Å². The molecule has 0 spiro atoms. The van der Waals surface area contributed by atoms with Gasteiger partial charge in [0.25, 0.3) is 5.91 Å². The van der Waals surface area contributed by atoms with Gasteiger partial charge in [0.1, 0.15) is 0 Å². The van der Waals surface area contributed by atoms with Crippen LogP contribution in [0.15, 0.2) is 66.7 Å². The van der Waals surface area contributed by atoms with Gasteiger partial charge in [0, 0.05) is 37.4 Å². The molecule has 0 radical (unpaired) electrons. The highest BCUT2D eigenvalue weighted by atomic mass is 16.5. The van der Waals surface area contributed by atoms with Crippen molar-refractivity contribution in [2.45, 2.75) is 19.0 Å². The first-order valence-corrected chi connectivity index (χ1v) is 9.61. The van der Waals surface area contributed by atoms with Crippen LogP contribution in [0.1, 0.15) is 22.3 Å². The van der Waals surface area contributed by atoms with Crippen LogP contribution >= 0.6 is 0 Å². The maximum absolute atomic E-state index is 11.4. The summed E-state index contributed by atoms with van der Waals surface area (Å²) in [6, 6.07) is 22.9. The Labute approximate surface area is 164 Å². The Morgan fingerprint density at radius 3 is 2.57 bits per heavy atom. The van der Waals surface area contributed by atoms with Crippen molar-refractivity contribution >= 4 is 22.4 Å². The van der Waals surface area contributed by atoms with E-state index < -0.39 is 5.91 Å². The summed E-state index contributed by atoms with van der Waals surface area (Å²) in [5, 5.41) is 14.9. The van der Waals surface area contributed by atoms with Gasteiger partial charge < -0.3 is 10.2 Å². The third kappa shape index (κ3) is 4.16. The zero-order valence-corrected chi connectivity index (χ0v) is 15.9. The van der Waals surface area contributed by atoms with Gasteiger partial charge in [0.05, 0.1) is 0 Å². The number of anilines is 1. The molecule has 1 amide bonds. The lowest BCUT2D eigenvalue weighted by Crippen LogP contribution is -2.25. The normalized spacial score (nSPS) is 18.1. The molecule has 0 bridgehead atoms. The van der Waals surface area contributed by atoms with E-state index in [1.807, 2.05) is 12.1 Å². The lowest BCUT2D eigenvalue weighted by molar-refractivity contribution is 0.0706. The Morgan fingerprint density at radius 1 is 1.07 bits per heavy atom. The third-order valence-corrected chi connectivity index (χ3v) is 5.49. The summed E-state index contributed by atoms with van der Waals surface area (Å²) in [6.45, 7) is 1.86. The second-order valence-electron chi connectivity index (χ2n) is 7.53. The Kier molecular flexibility index (Phi) is 5.28. The molecule has 3 aromatic rings. The van der Waals surface area contributed by atoms with Crippen molar-refractivity contribution in [2.75, 3.05) is 18.5 Å². The van der Waals surface area contributed by atoms with Gasteiger partial charge in [-0.15, -0.1) is 0 Å². The number of nitrogens with one attached hydrogen (secondary N) is 2. The van der Waals surface area contributed by atoms with E-state index in [1.54, 1.807) is 17.6 Å². The predicted octanol–water partition coefficient (Wildman–Crippen LogP) is 3.57. The summed E-state index contributed by atoms with van der Waals surface area (Å²) < 4.78 is 0. The van der Waals surface area contributed by atoms with Crippen molar-refractivity contribution in [2.24, 2.45) is 5.92 Å². The molecule has 1 aliphatic carbocycles. The van der Waals surface area contributed by atoms with E-state index >= 15 is 0 Å². The van der Waals surface area contributed by atoms with Gasteiger partial charge in [-0.05, 0) is 59.0 Å². The molecule has 3 N–H and O–H groups in total. The van der Waals surface area contributed by atoms with E-state index in [1.165, 1.54) is 22.8 Å². The minimum absolute atomic E-state index is 0.445. The number of hydrogen-bond donors (Lipinski definition) is 3. The Bertz CT molecular complexity index is 971. The molecule has 1 aliphatic rings. The van der Waals surface area contributed by atoms with Crippen LogP contribution in [0.4, 0.5) is 5.69 Å². The lowest BCUT2D eigenvalue weighted by Gasteiger charge is -2.19. The predicted molar refractivity (Wildman–Crippen MR) is 112 cm³/mol. The fourth-order valence-electron chi connectivity index (χ4n) is 3.69. The molecule has 0 aromatic heterocycles. The summed E-state index contributed by atoms with van der Waals surface area (Å²) in [7, 11) is 2.07. The monoisotopic (exact) mass is 375 g/mol. The van der Waals surface area contributed by atoms with Crippen molar-refractivity contribution in [3.05, 3.63) is 77.9 Å². The van der Waals surface area contributed by atoms with E-state index in [0.717, 1.165) is 18.8 Å². The first-order chi connectivity index (χ1) is 13.6. The second kappa shape index (κ2) is 8.00. The average Bonchev–Trinajstić information content (AvgIpc) is 3.49. The number of nitrogens with zero attached hydrogens (tertiary/aromatic N) is 1. The summed E-state index contributed by atoms with van der Waals surface area (Å²) in [5.41, 5.74) is 4.48. The topological polar surface area (TPSA) is 64.6 Å². The number of amides is 1. The van der Waals surface area contributed by atoms with Crippen LogP contribution in [0.3, 0.4) is 0 Å². The van der Waals surface area contributed by atoms with Crippen molar-refractivity contribution in [3.63, 3.8) is 0 Å². The molecule has 2 unspecified atom stereocenters. The quantitative estimate of drug-likeness (QED) is 0.436. The van der Waals surface area contributed by atoms with E-state index in [4.69, 9.17) is 5.21 Å². The van der Waals surface area contributed by atoms with Crippen LogP contribution in [-0.4, -0.2) is 30.7 Å². The summed E-state index contributed by atoms with van der Waals surface area (Å²) in [5.74, 6) is 0.139. The molecule has 5 heteroatoms. The highest BCUT2D eigenvalue weighted by molar-refractivity contribution is 5.93. The second-order valence-corrected chi connectivity index (χ2v) is 7.53. The lowest BCUT2D eigenvalue weighted by atomic mass is 10.1. The molecular formula is C23H25N3O2. The Hall–Kier alpha value is -2.89. The first kappa shape index (κ1) is 18.5. The van der Waals surface area contributed by atoms with Gasteiger partial charge in [-0.3, -0.25) is 10.0 Å². The number of hydroxylamine groups is 1. The molecule has 3 aromatic carbocycles. The molecule has 4 rings (SSSR count). The molecule has 144 valence electrons. The van der Waals surface area contributed by atoms with Crippen LogP contribution in [0.25, 0.3) is 10.8 Å². The fourth-order valence-corrected chi connectivity index (χ4v) is 3.69. The molecule has 0 aliphatic heterocycles. The van der Waals surface area contributed by atoms with E-state index in [-0.39, 0.29) is 0 Å². The number of fused-ring (bicyclic) bond motifs is 1. The zero-order chi connectivity index (χ0) is 19.5. The number of rotatable bonds is 7. The number of carbonyl (C=O) groups excluding carboxylic acids is 1. The first-order valence-electron chi connectivity index (χ1n) is 9.61. The van der Waals surface area contributed by atoms with Crippen molar-refractivity contribution in [1.82, 2.24) is 10.8 Å². The molecule has 5 nitrogen and oxygen atoms in total. The maximum atomic E-state index is 11.4. The van der Waals surface area contributed by atoms with Gasteiger partial charge in [0.2, 0.25) is 0 Å². The maximum Gasteiger partial charge on any atom is 0.274 e. The number of carbonyl (C=O) groups is 1. The van der Waals surface area contributed by atoms with Crippen LogP contribution < -0.4 is 15.7 Å². The van der Waals surface area contributed by atoms with Crippen molar-refractivity contribution in [3.8, 4) is 0 Å². The smallest absolute Gasteiger partial charge is 0.274 e. The van der Waals surface area contributed by atoms with Gasteiger partial charge in [-0.25, -0.2) is 5.48 Å². The SMILES string of the molecule is CN(CC1CC1NCc1ccc2ccccc2c1)c1ccc(C(=O)NO)cc1. The summed E-state index contributed by atoms with van der Waals surface area (Å²) in [4.78, 5) is 13.6. The van der Waals surface area contributed by atoms with Crippen LogP contribution in [0, 0.1) is 5.92 Å². The molecule has 1 saturated carbocycles. The molecule has 2 atom stereocenters. The molecule has 28 heavy (non-hydrogen) atoms. The minimum atomic E-state index is -0.491. The highest BCUT2D eigenvalue weighted by Gasteiger charge is 2.37. The van der Waals surface area contributed by atoms with Crippen molar-refractivity contribution < 1.29 is 10.0 Å². The van der Waals surface area contributed by atoms with Crippen LogP contribution in [0.2, 0.25) is 0 Å². The summed E-state index contributed by atoms with van der Waals surface area (Å²) in [6.07, 6.45) is 1.18. The largest absolute Gasteiger partial charge is 0.374 e. The van der Waals surface area contributed by atoms with Crippen molar-refractivity contribution in [1.29, 1.82) is 0 Å². The van der Waals surface area contributed by atoms with Gasteiger partial charge >= 0.3 is 0 Å². The molecule has 0 saturated heterocycles. The highest BCUT2D eigenvalue weighted by Crippen LogP contribution is 2.32. The number of hydrogen-bond acceptors (Lipinski definition) is 4. The minimum Gasteiger partial charge on any atom is -0.374 e. The van der Waals surface area contributed by atoms with E-state index in [2.05, 4.69) is 59.7 Å². The van der Waals surface area contributed by atoms with Crippen LogP contribution in [-0.2, 0) is 6.54 Å². The average molecular weight is 375 g/mol.